The molecule has 5 rings (SSSR count). The van der Waals surface area contributed by atoms with E-state index in [1.807, 2.05) is 0 Å². The number of fused-ring (bicyclic) bond motifs is 5. The van der Waals surface area contributed by atoms with E-state index in [0.717, 1.165) is 38.5 Å². The van der Waals surface area contributed by atoms with Crippen molar-refractivity contribution in [2.75, 3.05) is 13.2 Å². The molecule has 4 fully saturated rings. The van der Waals surface area contributed by atoms with E-state index in [1.165, 1.54) is 12.0 Å². The molecule has 0 radical (unpaired) electrons. The third kappa shape index (κ3) is 2.49. The molecule has 4 heteroatoms. The van der Waals surface area contributed by atoms with Crippen LogP contribution in [0.25, 0.3) is 0 Å². The van der Waals surface area contributed by atoms with Gasteiger partial charge in [-0.1, -0.05) is 25.5 Å². The maximum absolute atomic E-state index is 11.5. The first-order valence-corrected chi connectivity index (χ1v) is 11.1. The minimum Gasteiger partial charge on any atom is -0.393 e. The van der Waals surface area contributed by atoms with Gasteiger partial charge >= 0.3 is 0 Å². The Labute approximate surface area is 163 Å². The summed E-state index contributed by atoms with van der Waals surface area (Å²) < 4.78 is 12.2. The summed E-state index contributed by atoms with van der Waals surface area (Å²) in [6.45, 7) is 8.27. The van der Waals surface area contributed by atoms with Crippen LogP contribution in [0.2, 0.25) is 0 Å². The Hall–Kier alpha value is -0.420. The molecule has 8 atom stereocenters. The van der Waals surface area contributed by atoms with Crippen molar-refractivity contribution in [3.63, 3.8) is 0 Å². The van der Waals surface area contributed by atoms with Gasteiger partial charge in [0, 0.05) is 5.92 Å². The number of rotatable bonds is 1. The molecule has 3 saturated carbocycles. The third-order valence-corrected chi connectivity index (χ3v) is 9.50. The van der Waals surface area contributed by atoms with Gasteiger partial charge in [-0.05, 0) is 80.5 Å². The van der Waals surface area contributed by atoms with E-state index >= 15 is 0 Å². The summed E-state index contributed by atoms with van der Waals surface area (Å²) in [5.74, 6) is 1.38. The van der Waals surface area contributed by atoms with Gasteiger partial charge in [0.1, 0.15) is 0 Å². The van der Waals surface area contributed by atoms with Crippen molar-refractivity contribution in [2.24, 2.45) is 34.5 Å². The lowest BCUT2D eigenvalue weighted by atomic mass is 9.46. The van der Waals surface area contributed by atoms with Gasteiger partial charge in [0.25, 0.3) is 0 Å². The third-order valence-electron chi connectivity index (χ3n) is 9.50. The number of hydrogen-bond donors (Lipinski definition) is 2. The van der Waals surface area contributed by atoms with Crippen molar-refractivity contribution in [3.8, 4) is 0 Å². The highest BCUT2D eigenvalue weighted by molar-refractivity contribution is 5.26. The first-order chi connectivity index (χ1) is 12.8. The molecule has 152 valence electrons. The van der Waals surface area contributed by atoms with Crippen molar-refractivity contribution in [2.45, 2.75) is 83.7 Å². The minimum atomic E-state index is -0.482. The van der Waals surface area contributed by atoms with Crippen molar-refractivity contribution < 1.29 is 19.7 Å². The van der Waals surface area contributed by atoms with E-state index in [9.17, 15) is 10.2 Å². The molecule has 4 nitrogen and oxygen atoms in total. The molecule has 0 amide bonds. The second-order valence-corrected chi connectivity index (χ2v) is 10.7. The molecule has 2 N–H and O–H groups in total. The second-order valence-electron chi connectivity index (χ2n) is 10.7. The standard InChI is InChI=1S/C23H36O4/c1-21-9-8-15(24)12-14(21)4-5-16-17-6-7-19(23(3)26-10-11-27-23)22(17,2)13-18(25)20(16)21/h4,15-20,24-25H,5-13H2,1-3H3/t15-,16-,17-,18-,19+,20+,21-,22-/m0/s1. The number of allylic oxidation sites excluding steroid dienone is 1. The summed E-state index contributed by atoms with van der Waals surface area (Å²) in [7, 11) is 0. The number of aliphatic hydroxyl groups excluding tert-OH is 2. The van der Waals surface area contributed by atoms with Gasteiger partial charge in [0.05, 0.1) is 25.4 Å². The highest BCUT2D eigenvalue weighted by Crippen LogP contribution is 2.68. The molecule has 0 aromatic rings. The van der Waals surface area contributed by atoms with Gasteiger partial charge in [0.15, 0.2) is 5.79 Å². The summed E-state index contributed by atoms with van der Waals surface area (Å²) in [6, 6.07) is 0. The van der Waals surface area contributed by atoms with E-state index in [1.54, 1.807) is 0 Å². The van der Waals surface area contributed by atoms with Crippen molar-refractivity contribution in [3.05, 3.63) is 11.6 Å². The lowest BCUT2D eigenvalue weighted by Crippen LogP contribution is -2.58. The van der Waals surface area contributed by atoms with E-state index in [0.29, 0.717) is 36.9 Å². The summed E-state index contributed by atoms with van der Waals surface area (Å²) >= 11 is 0. The maximum Gasteiger partial charge on any atom is 0.169 e. The van der Waals surface area contributed by atoms with Crippen LogP contribution in [-0.4, -0.2) is 41.4 Å². The van der Waals surface area contributed by atoms with Crippen LogP contribution in [0.15, 0.2) is 11.6 Å². The van der Waals surface area contributed by atoms with Gasteiger partial charge < -0.3 is 19.7 Å². The Morgan fingerprint density at radius 2 is 1.78 bits per heavy atom. The fraction of sp³-hybridized carbons (Fsp3) is 0.913. The van der Waals surface area contributed by atoms with Crippen molar-refractivity contribution in [1.29, 1.82) is 0 Å². The zero-order valence-corrected chi connectivity index (χ0v) is 17.1. The van der Waals surface area contributed by atoms with Crippen LogP contribution >= 0.6 is 0 Å². The smallest absolute Gasteiger partial charge is 0.169 e. The molecule has 4 aliphatic carbocycles. The van der Waals surface area contributed by atoms with Crippen LogP contribution in [0.1, 0.15) is 65.7 Å². The normalized spacial score (nSPS) is 54.0. The average Bonchev–Trinajstić information content (AvgIpc) is 3.19. The predicted molar refractivity (Wildman–Crippen MR) is 103 cm³/mol. The van der Waals surface area contributed by atoms with E-state index < -0.39 is 5.79 Å². The molecule has 0 spiro atoms. The average molecular weight is 377 g/mol. The Balaban J connectivity index is 1.49. The molecule has 1 heterocycles. The van der Waals surface area contributed by atoms with E-state index in [2.05, 4.69) is 26.8 Å². The topological polar surface area (TPSA) is 58.9 Å². The Morgan fingerprint density at radius 3 is 2.52 bits per heavy atom. The molecule has 0 unspecified atom stereocenters. The molecular formula is C23H36O4. The van der Waals surface area contributed by atoms with Gasteiger partial charge in [-0.2, -0.15) is 0 Å². The zero-order valence-electron chi connectivity index (χ0n) is 17.1. The molecule has 5 aliphatic rings. The van der Waals surface area contributed by atoms with Crippen LogP contribution in [0.3, 0.4) is 0 Å². The van der Waals surface area contributed by atoms with Gasteiger partial charge in [-0.3, -0.25) is 0 Å². The summed E-state index contributed by atoms with van der Waals surface area (Å²) in [4.78, 5) is 0. The first kappa shape index (κ1) is 18.6. The summed E-state index contributed by atoms with van der Waals surface area (Å²) in [5.41, 5.74) is 1.55. The summed E-state index contributed by atoms with van der Waals surface area (Å²) in [6.07, 6.45) is 8.92. The van der Waals surface area contributed by atoms with Crippen LogP contribution in [0.4, 0.5) is 0 Å². The fourth-order valence-corrected chi connectivity index (χ4v) is 8.37. The highest BCUT2D eigenvalue weighted by atomic mass is 16.7. The van der Waals surface area contributed by atoms with Crippen LogP contribution in [0, 0.1) is 34.5 Å². The molecule has 1 aliphatic heterocycles. The lowest BCUT2D eigenvalue weighted by Gasteiger charge is -2.60. The van der Waals surface area contributed by atoms with Crippen LogP contribution in [0.5, 0.6) is 0 Å². The molecule has 0 aromatic carbocycles. The van der Waals surface area contributed by atoms with Crippen LogP contribution < -0.4 is 0 Å². The molecule has 0 aromatic heterocycles. The van der Waals surface area contributed by atoms with Gasteiger partial charge in [-0.15, -0.1) is 0 Å². The summed E-state index contributed by atoms with van der Waals surface area (Å²) in [5, 5.41) is 21.6. The molecule has 0 bridgehead atoms. The SMILES string of the molecule is CC1([C@@H]2CC[C@H]3[C@@H]4CC=C5C[C@@H](O)CC[C@]5(C)[C@H]4[C@@H](O)C[C@@]32C)OCCO1. The number of ether oxygens (including phenoxy) is 2. The molecule has 27 heavy (non-hydrogen) atoms. The predicted octanol–water partition coefficient (Wildman–Crippen LogP) is 3.66. The highest BCUT2D eigenvalue weighted by Gasteiger charge is 2.65. The number of hydrogen-bond acceptors (Lipinski definition) is 4. The molecular weight excluding hydrogens is 340 g/mol. The van der Waals surface area contributed by atoms with E-state index in [-0.39, 0.29) is 23.0 Å². The Kier molecular flexibility index (Phi) is 4.16. The number of aliphatic hydroxyl groups is 2. The minimum absolute atomic E-state index is 0.0608. The van der Waals surface area contributed by atoms with Crippen LogP contribution in [-0.2, 0) is 9.47 Å². The lowest BCUT2D eigenvalue weighted by molar-refractivity contribution is -0.223. The largest absolute Gasteiger partial charge is 0.393 e. The van der Waals surface area contributed by atoms with Crippen molar-refractivity contribution in [1.82, 2.24) is 0 Å². The maximum atomic E-state index is 11.5. The Bertz CT molecular complexity index is 638. The fourth-order valence-electron chi connectivity index (χ4n) is 8.37. The Morgan fingerprint density at radius 1 is 1.04 bits per heavy atom. The monoisotopic (exact) mass is 376 g/mol. The molecule has 1 saturated heterocycles. The second kappa shape index (κ2) is 6.04. The van der Waals surface area contributed by atoms with Gasteiger partial charge in [0.2, 0.25) is 0 Å². The zero-order chi connectivity index (χ0) is 19.0. The van der Waals surface area contributed by atoms with E-state index in [4.69, 9.17) is 9.47 Å². The van der Waals surface area contributed by atoms with Gasteiger partial charge in [-0.25, -0.2) is 0 Å². The first-order valence-electron chi connectivity index (χ1n) is 11.1. The van der Waals surface area contributed by atoms with Crippen molar-refractivity contribution >= 4 is 0 Å². The quantitative estimate of drug-likeness (QED) is 0.686.